The first-order valence-corrected chi connectivity index (χ1v) is 7.45. The van der Waals surface area contributed by atoms with Crippen molar-refractivity contribution in [1.29, 1.82) is 0 Å². The van der Waals surface area contributed by atoms with E-state index in [0.717, 1.165) is 44.7 Å². The van der Waals surface area contributed by atoms with E-state index in [9.17, 15) is 0 Å². The van der Waals surface area contributed by atoms with Crippen LogP contribution >= 0.6 is 15.9 Å². The third kappa shape index (κ3) is 2.50. The van der Waals surface area contributed by atoms with E-state index in [1.54, 1.807) is 13.4 Å². The molecular formula is C16H20BrNO2. The average molecular weight is 338 g/mol. The summed E-state index contributed by atoms with van der Waals surface area (Å²) in [5.41, 5.74) is 10.7. The van der Waals surface area contributed by atoms with Crippen LogP contribution in [0.15, 0.2) is 27.3 Å². The second-order valence-corrected chi connectivity index (χ2v) is 5.73. The van der Waals surface area contributed by atoms with Gasteiger partial charge in [-0.25, -0.2) is 0 Å². The van der Waals surface area contributed by atoms with E-state index in [1.807, 2.05) is 19.9 Å². The summed E-state index contributed by atoms with van der Waals surface area (Å²) in [5, 5.41) is 0. The molecule has 0 aliphatic heterocycles. The molecule has 0 saturated heterocycles. The second-order valence-electron chi connectivity index (χ2n) is 4.88. The van der Waals surface area contributed by atoms with Crippen LogP contribution in [0.3, 0.4) is 0 Å². The number of aryl methyl sites for hydroxylation is 2. The quantitative estimate of drug-likeness (QED) is 0.905. The molecule has 20 heavy (non-hydrogen) atoms. The summed E-state index contributed by atoms with van der Waals surface area (Å²) in [6, 6.07) is 3.74. The number of hydrogen-bond donors (Lipinski definition) is 1. The molecule has 0 fully saturated rings. The van der Waals surface area contributed by atoms with E-state index in [4.69, 9.17) is 14.9 Å². The third-order valence-electron chi connectivity index (χ3n) is 3.66. The van der Waals surface area contributed by atoms with E-state index >= 15 is 0 Å². The number of methoxy groups -OCH3 is 1. The summed E-state index contributed by atoms with van der Waals surface area (Å²) >= 11 is 3.59. The normalized spacial score (nSPS) is 12.5. The van der Waals surface area contributed by atoms with Crippen molar-refractivity contribution < 1.29 is 9.15 Å². The van der Waals surface area contributed by atoms with Gasteiger partial charge in [-0.15, -0.1) is 0 Å². The maximum absolute atomic E-state index is 6.49. The van der Waals surface area contributed by atoms with Crippen LogP contribution in [0.2, 0.25) is 0 Å². The van der Waals surface area contributed by atoms with E-state index in [-0.39, 0.29) is 6.04 Å². The monoisotopic (exact) mass is 337 g/mol. The van der Waals surface area contributed by atoms with Gasteiger partial charge in [0.2, 0.25) is 0 Å². The number of nitrogens with two attached hydrogens (primary N) is 1. The molecule has 0 bridgehead atoms. The van der Waals surface area contributed by atoms with Gasteiger partial charge < -0.3 is 14.9 Å². The number of halogens is 1. The maximum atomic E-state index is 6.49. The summed E-state index contributed by atoms with van der Waals surface area (Å²) in [7, 11) is 1.68. The van der Waals surface area contributed by atoms with Crippen LogP contribution in [0.25, 0.3) is 0 Å². The number of rotatable bonds is 4. The molecule has 1 aromatic heterocycles. The Morgan fingerprint density at radius 2 is 2.10 bits per heavy atom. The van der Waals surface area contributed by atoms with E-state index in [2.05, 4.69) is 28.9 Å². The van der Waals surface area contributed by atoms with Crippen molar-refractivity contribution in [1.82, 2.24) is 0 Å². The Balaban J connectivity index is 2.62. The van der Waals surface area contributed by atoms with Crippen LogP contribution in [0.4, 0.5) is 0 Å². The zero-order valence-electron chi connectivity index (χ0n) is 12.3. The van der Waals surface area contributed by atoms with Gasteiger partial charge in [-0.3, -0.25) is 0 Å². The van der Waals surface area contributed by atoms with Gasteiger partial charge in [0.25, 0.3) is 0 Å². The standard InChI is InChI=1S/C16H20BrNO2/c1-5-13-11(6-7-20-13)15(18)14-10(3)12(17)8-9(2)16(14)19-4/h6-8,15H,5,18H2,1-4H3. The smallest absolute Gasteiger partial charge is 0.127 e. The predicted molar refractivity (Wildman–Crippen MR) is 84.3 cm³/mol. The highest BCUT2D eigenvalue weighted by molar-refractivity contribution is 9.10. The minimum atomic E-state index is -0.255. The molecule has 0 amide bonds. The van der Waals surface area contributed by atoms with Crippen molar-refractivity contribution in [2.45, 2.75) is 33.2 Å². The highest BCUT2D eigenvalue weighted by atomic mass is 79.9. The molecule has 4 heteroatoms. The molecule has 2 N–H and O–H groups in total. The molecule has 0 spiro atoms. The van der Waals surface area contributed by atoms with Gasteiger partial charge in [-0.05, 0) is 37.1 Å². The molecule has 0 radical (unpaired) electrons. The molecular weight excluding hydrogens is 318 g/mol. The minimum Gasteiger partial charge on any atom is -0.496 e. The first-order chi connectivity index (χ1) is 9.51. The van der Waals surface area contributed by atoms with Gasteiger partial charge in [0, 0.05) is 22.0 Å². The van der Waals surface area contributed by atoms with Crippen LogP contribution in [0, 0.1) is 13.8 Å². The Kier molecular flexibility index (Phi) is 4.55. The Labute approximate surface area is 128 Å². The van der Waals surface area contributed by atoms with Crippen molar-refractivity contribution in [3.8, 4) is 5.75 Å². The van der Waals surface area contributed by atoms with Crippen molar-refractivity contribution >= 4 is 15.9 Å². The van der Waals surface area contributed by atoms with E-state index in [1.165, 1.54) is 0 Å². The van der Waals surface area contributed by atoms with Crippen LogP contribution in [-0.4, -0.2) is 7.11 Å². The molecule has 3 nitrogen and oxygen atoms in total. The molecule has 0 aliphatic carbocycles. The number of hydrogen-bond acceptors (Lipinski definition) is 3. The Morgan fingerprint density at radius 3 is 2.70 bits per heavy atom. The fourth-order valence-electron chi connectivity index (χ4n) is 2.59. The Hall–Kier alpha value is -1.26. The van der Waals surface area contributed by atoms with Crippen LogP contribution in [0.5, 0.6) is 5.75 Å². The molecule has 0 aliphatic rings. The first-order valence-electron chi connectivity index (χ1n) is 6.66. The lowest BCUT2D eigenvalue weighted by Gasteiger charge is -2.21. The molecule has 1 aromatic carbocycles. The first kappa shape index (κ1) is 15.1. The molecule has 1 unspecified atom stereocenters. The lowest BCUT2D eigenvalue weighted by atomic mass is 9.92. The highest BCUT2D eigenvalue weighted by Crippen LogP contribution is 2.38. The van der Waals surface area contributed by atoms with Gasteiger partial charge in [-0.2, -0.15) is 0 Å². The van der Waals surface area contributed by atoms with Crippen molar-refractivity contribution in [3.63, 3.8) is 0 Å². The second kappa shape index (κ2) is 6.02. The van der Waals surface area contributed by atoms with Crippen LogP contribution < -0.4 is 10.5 Å². The fourth-order valence-corrected chi connectivity index (χ4v) is 3.15. The summed E-state index contributed by atoms with van der Waals surface area (Å²) in [5.74, 6) is 1.78. The highest BCUT2D eigenvalue weighted by Gasteiger charge is 2.23. The van der Waals surface area contributed by atoms with Gasteiger partial charge in [0.15, 0.2) is 0 Å². The largest absolute Gasteiger partial charge is 0.496 e. The zero-order chi connectivity index (χ0) is 14.9. The summed E-state index contributed by atoms with van der Waals surface area (Å²) in [6.45, 7) is 6.13. The minimum absolute atomic E-state index is 0.255. The summed E-state index contributed by atoms with van der Waals surface area (Å²) in [4.78, 5) is 0. The maximum Gasteiger partial charge on any atom is 0.127 e. The van der Waals surface area contributed by atoms with Gasteiger partial charge in [-0.1, -0.05) is 22.9 Å². The zero-order valence-corrected chi connectivity index (χ0v) is 13.9. The van der Waals surface area contributed by atoms with Crippen molar-refractivity contribution in [3.05, 3.63) is 50.9 Å². The third-order valence-corrected chi connectivity index (χ3v) is 4.48. The number of ether oxygens (including phenoxy) is 1. The van der Waals surface area contributed by atoms with Crippen molar-refractivity contribution in [2.24, 2.45) is 5.73 Å². The lowest BCUT2D eigenvalue weighted by Crippen LogP contribution is -2.16. The molecule has 0 saturated carbocycles. The Bertz CT molecular complexity index is 619. The predicted octanol–water partition coefficient (Wildman–Crippen LogP) is 4.28. The topological polar surface area (TPSA) is 48.4 Å². The average Bonchev–Trinajstić information content (AvgIpc) is 2.90. The number of benzene rings is 1. The molecule has 2 aromatic rings. The molecule has 108 valence electrons. The summed E-state index contributed by atoms with van der Waals surface area (Å²) < 4.78 is 12.1. The Morgan fingerprint density at radius 1 is 1.40 bits per heavy atom. The fraction of sp³-hybridized carbons (Fsp3) is 0.375. The summed E-state index contributed by atoms with van der Waals surface area (Å²) in [6.07, 6.45) is 2.52. The van der Waals surface area contributed by atoms with Crippen LogP contribution in [0.1, 0.15) is 41.0 Å². The SMILES string of the molecule is CCc1occc1C(N)c1c(C)c(Br)cc(C)c1OC. The van der Waals surface area contributed by atoms with E-state index in [0.29, 0.717) is 0 Å². The van der Waals surface area contributed by atoms with Gasteiger partial charge >= 0.3 is 0 Å². The molecule has 1 atom stereocenters. The number of furan rings is 1. The molecule has 2 rings (SSSR count). The van der Waals surface area contributed by atoms with Crippen LogP contribution in [-0.2, 0) is 6.42 Å². The van der Waals surface area contributed by atoms with Gasteiger partial charge in [0.1, 0.15) is 11.5 Å². The molecule has 1 heterocycles. The van der Waals surface area contributed by atoms with Crippen molar-refractivity contribution in [2.75, 3.05) is 7.11 Å². The lowest BCUT2D eigenvalue weighted by molar-refractivity contribution is 0.403. The van der Waals surface area contributed by atoms with E-state index < -0.39 is 0 Å². The van der Waals surface area contributed by atoms with Gasteiger partial charge in [0.05, 0.1) is 19.4 Å².